The van der Waals surface area contributed by atoms with Crippen molar-refractivity contribution in [1.29, 1.82) is 0 Å². The second-order valence-corrected chi connectivity index (χ2v) is 7.32. The highest BCUT2D eigenvalue weighted by Crippen LogP contribution is 2.47. The second-order valence-electron chi connectivity index (χ2n) is 7.32. The van der Waals surface area contributed by atoms with E-state index < -0.39 is 0 Å². The topological polar surface area (TPSA) is 26.3 Å². The first kappa shape index (κ1) is 16.6. The van der Waals surface area contributed by atoms with Crippen LogP contribution in [0.15, 0.2) is 12.1 Å². The molecule has 0 radical (unpaired) electrons. The molecule has 1 aromatic rings. The van der Waals surface area contributed by atoms with E-state index in [1.54, 1.807) is 0 Å². The van der Waals surface area contributed by atoms with Gasteiger partial charge in [0.1, 0.15) is 12.4 Å². The van der Waals surface area contributed by atoms with Gasteiger partial charge in [0.2, 0.25) is 0 Å². The summed E-state index contributed by atoms with van der Waals surface area (Å²) >= 11 is 0. The van der Waals surface area contributed by atoms with E-state index in [9.17, 15) is 4.79 Å². The molecule has 0 saturated carbocycles. The smallest absolute Gasteiger partial charge is 0.153 e. The number of ether oxygens (including phenoxy) is 1. The average Bonchev–Trinajstić information content (AvgIpc) is 2.48. The molecule has 0 saturated heterocycles. The van der Waals surface area contributed by atoms with E-state index in [0.717, 1.165) is 25.5 Å². The number of fused-ring (bicyclic) bond motifs is 1. The molecule has 1 aromatic carbocycles. The van der Waals surface area contributed by atoms with Crippen LogP contribution in [0.5, 0.6) is 5.75 Å². The van der Waals surface area contributed by atoms with E-state index in [1.807, 2.05) is 13.0 Å². The Labute approximate surface area is 134 Å². The zero-order valence-electron chi connectivity index (χ0n) is 14.4. The van der Waals surface area contributed by atoms with Crippen LogP contribution in [-0.2, 0) is 10.8 Å². The second kappa shape index (κ2) is 6.16. The Morgan fingerprint density at radius 3 is 2.23 bits per heavy atom. The summed E-state index contributed by atoms with van der Waals surface area (Å²) in [7, 11) is 0. The van der Waals surface area contributed by atoms with Crippen LogP contribution in [0.3, 0.4) is 0 Å². The largest absolute Gasteiger partial charge is 0.480 e. The van der Waals surface area contributed by atoms with Gasteiger partial charge < -0.3 is 4.74 Å². The van der Waals surface area contributed by atoms with Gasteiger partial charge in [-0.1, -0.05) is 40.5 Å². The van der Waals surface area contributed by atoms with Crippen molar-refractivity contribution >= 4 is 6.29 Å². The molecule has 0 aromatic heterocycles. The maximum absolute atomic E-state index is 11.5. The van der Waals surface area contributed by atoms with Gasteiger partial charge in [-0.3, -0.25) is 4.79 Å². The van der Waals surface area contributed by atoms with Crippen molar-refractivity contribution in [2.24, 2.45) is 0 Å². The fraction of sp³-hybridized carbons (Fsp3) is 0.550. The SMILES string of the molecule is CCC#CCOc1cc2c(cc1C=O)C(C)(C)CCC2(C)C. The van der Waals surface area contributed by atoms with Crippen LogP contribution < -0.4 is 4.74 Å². The molecule has 2 rings (SSSR count). The normalized spacial score (nSPS) is 17.9. The summed E-state index contributed by atoms with van der Waals surface area (Å²) in [4.78, 5) is 11.5. The molecule has 0 spiro atoms. The minimum Gasteiger partial charge on any atom is -0.480 e. The van der Waals surface area contributed by atoms with Gasteiger partial charge in [-0.05, 0) is 46.9 Å². The third-order valence-corrected chi connectivity index (χ3v) is 4.71. The number of aldehydes is 1. The molecule has 2 nitrogen and oxygen atoms in total. The van der Waals surface area contributed by atoms with Gasteiger partial charge in [0.15, 0.2) is 6.29 Å². The number of carbonyl (C=O) groups is 1. The highest BCUT2D eigenvalue weighted by atomic mass is 16.5. The minimum absolute atomic E-state index is 0.100. The zero-order chi connectivity index (χ0) is 16.4. The summed E-state index contributed by atoms with van der Waals surface area (Å²) < 4.78 is 5.75. The number of benzene rings is 1. The van der Waals surface area contributed by atoms with Crippen LogP contribution in [0, 0.1) is 11.8 Å². The predicted molar refractivity (Wildman–Crippen MR) is 90.7 cm³/mol. The minimum atomic E-state index is 0.100. The monoisotopic (exact) mass is 298 g/mol. The average molecular weight is 298 g/mol. The molecule has 0 aliphatic heterocycles. The quantitative estimate of drug-likeness (QED) is 0.600. The van der Waals surface area contributed by atoms with Crippen molar-refractivity contribution in [2.75, 3.05) is 6.61 Å². The lowest BCUT2D eigenvalue weighted by Crippen LogP contribution is -2.34. The highest BCUT2D eigenvalue weighted by molar-refractivity contribution is 5.80. The van der Waals surface area contributed by atoms with Crippen LogP contribution in [0.1, 0.15) is 75.4 Å². The molecule has 22 heavy (non-hydrogen) atoms. The van der Waals surface area contributed by atoms with E-state index >= 15 is 0 Å². The van der Waals surface area contributed by atoms with Crippen molar-refractivity contribution in [2.45, 2.75) is 64.7 Å². The van der Waals surface area contributed by atoms with Crippen molar-refractivity contribution in [3.8, 4) is 17.6 Å². The van der Waals surface area contributed by atoms with Gasteiger partial charge in [0, 0.05) is 6.42 Å². The Hall–Kier alpha value is -1.75. The molecular weight excluding hydrogens is 272 g/mol. The number of carbonyl (C=O) groups excluding carboxylic acids is 1. The fourth-order valence-corrected chi connectivity index (χ4v) is 3.12. The summed E-state index contributed by atoms with van der Waals surface area (Å²) in [6.45, 7) is 11.4. The molecule has 0 heterocycles. The van der Waals surface area contributed by atoms with Crippen LogP contribution >= 0.6 is 0 Å². The molecule has 0 bridgehead atoms. The van der Waals surface area contributed by atoms with Crippen molar-refractivity contribution < 1.29 is 9.53 Å². The Balaban J connectivity index is 2.47. The maximum Gasteiger partial charge on any atom is 0.153 e. The third kappa shape index (κ3) is 3.19. The van der Waals surface area contributed by atoms with Crippen molar-refractivity contribution in [3.05, 3.63) is 28.8 Å². The van der Waals surface area contributed by atoms with Gasteiger partial charge in [0.05, 0.1) is 5.56 Å². The van der Waals surface area contributed by atoms with E-state index in [0.29, 0.717) is 17.9 Å². The maximum atomic E-state index is 11.5. The van der Waals surface area contributed by atoms with Crippen LogP contribution in [0.4, 0.5) is 0 Å². The number of hydrogen-bond acceptors (Lipinski definition) is 2. The lowest BCUT2D eigenvalue weighted by Gasteiger charge is -2.42. The Bertz CT molecular complexity index is 627. The number of hydrogen-bond donors (Lipinski definition) is 0. The Morgan fingerprint density at radius 2 is 1.68 bits per heavy atom. The molecule has 118 valence electrons. The summed E-state index contributed by atoms with van der Waals surface area (Å²) in [5, 5.41) is 0. The molecular formula is C20H26O2. The van der Waals surface area contributed by atoms with Gasteiger partial charge in [0.25, 0.3) is 0 Å². The first-order valence-electron chi connectivity index (χ1n) is 8.04. The van der Waals surface area contributed by atoms with Crippen molar-refractivity contribution in [1.82, 2.24) is 0 Å². The summed E-state index contributed by atoms with van der Waals surface area (Å²) in [6.07, 6.45) is 3.98. The van der Waals surface area contributed by atoms with Crippen LogP contribution in [0.2, 0.25) is 0 Å². The first-order chi connectivity index (χ1) is 10.3. The molecule has 2 heteroatoms. The van der Waals surface area contributed by atoms with Gasteiger partial charge in [-0.15, -0.1) is 5.92 Å². The predicted octanol–water partition coefficient (Wildman–Crippen LogP) is 4.64. The molecule has 0 N–H and O–H groups in total. The van der Waals surface area contributed by atoms with Gasteiger partial charge >= 0.3 is 0 Å². The van der Waals surface area contributed by atoms with E-state index in [4.69, 9.17) is 4.74 Å². The van der Waals surface area contributed by atoms with Crippen LogP contribution in [0.25, 0.3) is 0 Å². The molecule has 0 unspecified atom stereocenters. The lowest BCUT2D eigenvalue weighted by molar-refractivity contribution is 0.111. The molecule has 0 atom stereocenters. The summed E-state index contributed by atoms with van der Waals surface area (Å²) in [5.41, 5.74) is 3.41. The van der Waals surface area contributed by atoms with Crippen molar-refractivity contribution in [3.63, 3.8) is 0 Å². The van der Waals surface area contributed by atoms with E-state index in [2.05, 4.69) is 45.6 Å². The van der Waals surface area contributed by atoms with Gasteiger partial charge in [-0.2, -0.15) is 0 Å². The molecule has 0 amide bonds. The van der Waals surface area contributed by atoms with E-state index in [1.165, 1.54) is 11.1 Å². The summed E-state index contributed by atoms with van der Waals surface area (Å²) in [6, 6.07) is 4.08. The molecule has 0 fully saturated rings. The Morgan fingerprint density at radius 1 is 1.09 bits per heavy atom. The third-order valence-electron chi connectivity index (χ3n) is 4.71. The first-order valence-corrected chi connectivity index (χ1v) is 8.04. The van der Waals surface area contributed by atoms with Crippen LogP contribution in [-0.4, -0.2) is 12.9 Å². The van der Waals surface area contributed by atoms with Gasteiger partial charge in [-0.25, -0.2) is 0 Å². The molecule has 1 aliphatic carbocycles. The van der Waals surface area contributed by atoms with E-state index in [-0.39, 0.29) is 10.8 Å². The fourth-order valence-electron chi connectivity index (χ4n) is 3.12. The highest BCUT2D eigenvalue weighted by Gasteiger charge is 2.37. The lowest BCUT2D eigenvalue weighted by atomic mass is 9.63. The standard InChI is InChI=1S/C20H26O2/c1-6-7-8-11-22-18-13-17-16(12-15(18)14-21)19(2,3)9-10-20(17,4)5/h12-14H,6,9-11H2,1-5H3. The zero-order valence-corrected chi connectivity index (χ0v) is 14.4. The molecule has 1 aliphatic rings. The Kier molecular flexibility index (Phi) is 4.66. The number of rotatable bonds is 3. The summed E-state index contributed by atoms with van der Waals surface area (Å²) in [5.74, 6) is 6.61.